The first-order valence-corrected chi connectivity index (χ1v) is 7.79. The molecule has 1 saturated carbocycles. The van der Waals surface area contributed by atoms with Crippen LogP contribution in [0.25, 0.3) is 0 Å². The van der Waals surface area contributed by atoms with Crippen molar-refractivity contribution in [2.45, 2.75) is 37.7 Å². The number of fused-ring (bicyclic) bond motifs is 1. The highest BCUT2D eigenvalue weighted by Gasteiger charge is 2.43. The monoisotopic (exact) mass is 289 g/mol. The van der Waals surface area contributed by atoms with E-state index in [1.54, 1.807) is 7.11 Å². The smallest absolute Gasteiger partial charge is 0.257 e. The number of carbonyl (C=O) groups excluding carboxylic acids is 1. The number of piperidine rings is 1. The lowest BCUT2D eigenvalue weighted by Crippen LogP contribution is -2.54. The first-order chi connectivity index (χ1) is 10.1. The normalized spacial score (nSPS) is 28.9. The lowest BCUT2D eigenvalue weighted by Gasteiger charge is -2.47. The van der Waals surface area contributed by atoms with E-state index in [0.717, 1.165) is 25.7 Å². The number of benzene rings is 1. The van der Waals surface area contributed by atoms with Crippen molar-refractivity contribution in [2.24, 2.45) is 5.92 Å². The van der Waals surface area contributed by atoms with E-state index in [2.05, 4.69) is 0 Å². The SMILES string of the molecule is COc1ccccc1C(=O)N1CC[C@@]2(O)CCCC[C@@H]2C1. The molecule has 4 heteroatoms. The summed E-state index contributed by atoms with van der Waals surface area (Å²) in [5.41, 5.74) is 0.0664. The van der Waals surface area contributed by atoms with Gasteiger partial charge in [0.15, 0.2) is 0 Å². The van der Waals surface area contributed by atoms with Crippen LogP contribution in [0.15, 0.2) is 24.3 Å². The molecule has 4 nitrogen and oxygen atoms in total. The van der Waals surface area contributed by atoms with Crippen LogP contribution in [0.4, 0.5) is 0 Å². The molecule has 2 atom stereocenters. The minimum absolute atomic E-state index is 0.0140. The molecule has 1 aromatic carbocycles. The van der Waals surface area contributed by atoms with Crippen molar-refractivity contribution in [2.75, 3.05) is 20.2 Å². The predicted molar refractivity (Wildman–Crippen MR) is 80.4 cm³/mol. The second-order valence-electron chi connectivity index (χ2n) is 6.25. The van der Waals surface area contributed by atoms with Crippen LogP contribution in [0.2, 0.25) is 0 Å². The van der Waals surface area contributed by atoms with E-state index in [4.69, 9.17) is 4.74 Å². The molecule has 1 amide bonds. The molecule has 3 rings (SSSR count). The molecule has 0 aromatic heterocycles. The Kier molecular flexibility index (Phi) is 3.89. The zero-order valence-electron chi connectivity index (χ0n) is 12.5. The number of amides is 1. The third-order valence-corrected chi connectivity index (χ3v) is 5.05. The highest BCUT2D eigenvalue weighted by atomic mass is 16.5. The van der Waals surface area contributed by atoms with Crippen molar-refractivity contribution >= 4 is 5.91 Å². The summed E-state index contributed by atoms with van der Waals surface area (Å²) in [7, 11) is 1.59. The number of ether oxygens (including phenoxy) is 1. The summed E-state index contributed by atoms with van der Waals surface area (Å²) in [5, 5.41) is 10.7. The number of para-hydroxylation sites is 1. The molecule has 1 aromatic rings. The first kappa shape index (κ1) is 14.4. The van der Waals surface area contributed by atoms with Gasteiger partial charge in [0.1, 0.15) is 5.75 Å². The number of hydrogen-bond acceptors (Lipinski definition) is 3. The second-order valence-corrected chi connectivity index (χ2v) is 6.25. The van der Waals surface area contributed by atoms with Gasteiger partial charge in [-0.1, -0.05) is 25.0 Å². The van der Waals surface area contributed by atoms with E-state index >= 15 is 0 Å². The molecule has 0 radical (unpaired) electrons. The van der Waals surface area contributed by atoms with Crippen LogP contribution >= 0.6 is 0 Å². The minimum Gasteiger partial charge on any atom is -0.496 e. The van der Waals surface area contributed by atoms with Gasteiger partial charge in [-0.3, -0.25) is 4.79 Å². The van der Waals surface area contributed by atoms with Crippen molar-refractivity contribution in [1.82, 2.24) is 4.90 Å². The standard InChI is InChI=1S/C17H23NO3/c1-21-15-8-3-2-7-14(15)16(19)18-11-10-17(20)9-5-4-6-13(17)12-18/h2-3,7-8,13,20H,4-6,9-12H2,1H3/t13-,17+/m1/s1. The van der Waals surface area contributed by atoms with Crippen LogP contribution < -0.4 is 4.74 Å². The van der Waals surface area contributed by atoms with E-state index < -0.39 is 5.60 Å². The van der Waals surface area contributed by atoms with Gasteiger partial charge in [0.05, 0.1) is 18.3 Å². The lowest BCUT2D eigenvalue weighted by atomic mass is 9.71. The second kappa shape index (κ2) is 5.68. The van der Waals surface area contributed by atoms with E-state index in [1.165, 1.54) is 0 Å². The molecule has 1 heterocycles. The van der Waals surface area contributed by atoms with E-state index in [-0.39, 0.29) is 11.8 Å². The summed E-state index contributed by atoms with van der Waals surface area (Å²) < 4.78 is 5.29. The summed E-state index contributed by atoms with van der Waals surface area (Å²) in [5.74, 6) is 0.853. The quantitative estimate of drug-likeness (QED) is 0.910. The third-order valence-electron chi connectivity index (χ3n) is 5.05. The molecular formula is C17H23NO3. The molecule has 2 aliphatic rings. The maximum atomic E-state index is 12.7. The number of methoxy groups -OCH3 is 1. The van der Waals surface area contributed by atoms with Crippen LogP contribution in [0.5, 0.6) is 5.75 Å². The Morgan fingerprint density at radius 3 is 2.95 bits per heavy atom. The Labute approximate surface area is 125 Å². The minimum atomic E-state index is -0.546. The molecule has 114 valence electrons. The molecule has 0 spiro atoms. The Hall–Kier alpha value is -1.55. The van der Waals surface area contributed by atoms with Crippen molar-refractivity contribution < 1.29 is 14.6 Å². The third kappa shape index (κ3) is 2.64. The average Bonchev–Trinajstić information content (AvgIpc) is 2.53. The van der Waals surface area contributed by atoms with E-state index in [9.17, 15) is 9.90 Å². The topological polar surface area (TPSA) is 49.8 Å². The number of aliphatic hydroxyl groups is 1. The summed E-state index contributed by atoms with van der Waals surface area (Å²) in [6.45, 7) is 1.29. The van der Waals surface area contributed by atoms with Gasteiger partial charge in [-0.15, -0.1) is 0 Å². The average molecular weight is 289 g/mol. The molecule has 21 heavy (non-hydrogen) atoms. The fourth-order valence-electron chi connectivity index (χ4n) is 3.75. The van der Waals surface area contributed by atoms with Crippen LogP contribution in [0.1, 0.15) is 42.5 Å². The predicted octanol–water partition coefficient (Wildman–Crippen LogP) is 2.46. The fraction of sp³-hybridized carbons (Fsp3) is 0.588. The highest BCUT2D eigenvalue weighted by Crippen LogP contribution is 2.40. The van der Waals surface area contributed by atoms with E-state index in [0.29, 0.717) is 30.8 Å². The summed E-state index contributed by atoms with van der Waals surface area (Å²) >= 11 is 0. The summed E-state index contributed by atoms with van der Waals surface area (Å²) in [4.78, 5) is 14.6. The Morgan fingerprint density at radius 2 is 2.14 bits per heavy atom. The van der Waals surface area contributed by atoms with Crippen LogP contribution in [0, 0.1) is 5.92 Å². The largest absolute Gasteiger partial charge is 0.496 e. The van der Waals surface area contributed by atoms with Crippen LogP contribution in [-0.4, -0.2) is 41.7 Å². The Morgan fingerprint density at radius 1 is 1.33 bits per heavy atom. The Bertz CT molecular complexity index is 531. The summed E-state index contributed by atoms with van der Waals surface area (Å²) in [6, 6.07) is 7.35. The van der Waals surface area contributed by atoms with Crippen LogP contribution in [-0.2, 0) is 0 Å². The number of likely N-dealkylation sites (tertiary alicyclic amines) is 1. The Balaban J connectivity index is 1.77. The zero-order chi connectivity index (χ0) is 14.9. The molecule has 0 bridgehead atoms. The summed E-state index contributed by atoms with van der Waals surface area (Å²) in [6.07, 6.45) is 4.86. The lowest BCUT2D eigenvalue weighted by molar-refractivity contribution is -0.0886. The molecular weight excluding hydrogens is 266 g/mol. The van der Waals surface area contributed by atoms with Crippen molar-refractivity contribution in [3.63, 3.8) is 0 Å². The van der Waals surface area contributed by atoms with E-state index in [1.807, 2.05) is 29.2 Å². The van der Waals surface area contributed by atoms with Gasteiger partial charge in [0, 0.05) is 19.0 Å². The van der Waals surface area contributed by atoms with Gasteiger partial charge in [0.25, 0.3) is 5.91 Å². The van der Waals surface area contributed by atoms with Gasteiger partial charge in [-0.25, -0.2) is 0 Å². The molecule has 1 aliphatic heterocycles. The molecule has 1 aliphatic carbocycles. The maximum Gasteiger partial charge on any atom is 0.257 e. The molecule has 2 fully saturated rings. The fourth-order valence-corrected chi connectivity index (χ4v) is 3.75. The first-order valence-electron chi connectivity index (χ1n) is 7.79. The number of carbonyl (C=O) groups is 1. The van der Waals surface area contributed by atoms with Gasteiger partial charge >= 0.3 is 0 Å². The molecule has 0 unspecified atom stereocenters. The number of rotatable bonds is 2. The number of hydrogen-bond donors (Lipinski definition) is 1. The maximum absolute atomic E-state index is 12.7. The van der Waals surface area contributed by atoms with Crippen molar-refractivity contribution in [3.8, 4) is 5.75 Å². The zero-order valence-corrected chi connectivity index (χ0v) is 12.5. The highest BCUT2D eigenvalue weighted by molar-refractivity contribution is 5.97. The number of nitrogens with zero attached hydrogens (tertiary/aromatic N) is 1. The van der Waals surface area contributed by atoms with Crippen molar-refractivity contribution in [3.05, 3.63) is 29.8 Å². The molecule has 1 N–H and O–H groups in total. The van der Waals surface area contributed by atoms with Gasteiger partial charge in [0.2, 0.25) is 0 Å². The van der Waals surface area contributed by atoms with Gasteiger partial charge in [-0.2, -0.15) is 0 Å². The van der Waals surface area contributed by atoms with Crippen LogP contribution in [0.3, 0.4) is 0 Å². The van der Waals surface area contributed by atoms with Gasteiger partial charge < -0.3 is 14.7 Å². The van der Waals surface area contributed by atoms with Crippen molar-refractivity contribution in [1.29, 1.82) is 0 Å². The van der Waals surface area contributed by atoms with Gasteiger partial charge in [-0.05, 0) is 31.4 Å². The molecule has 1 saturated heterocycles.